The van der Waals surface area contributed by atoms with E-state index in [1.165, 1.54) is 19.3 Å². The lowest BCUT2D eigenvalue weighted by molar-refractivity contribution is -0.457. The molecule has 2 rings (SSSR count). The van der Waals surface area contributed by atoms with Crippen LogP contribution in [0.2, 0.25) is 0 Å². The van der Waals surface area contributed by atoms with Gasteiger partial charge in [-0.3, -0.25) is 0 Å². The Morgan fingerprint density at radius 3 is 2.14 bits per heavy atom. The van der Waals surface area contributed by atoms with Crippen LogP contribution in [0.1, 0.15) is 26.2 Å². The van der Waals surface area contributed by atoms with Gasteiger partial charge in [-0.15, -0.1) is 0 Å². The maximum Gasteiger partial charge on any atom is 0.482 e. The molecule has 0 saturated heterocycles. The summed E-state index contributed by atoms with van der Waals surface area (Å²) in [5, 5.41) is 0. The van der Waals surface area contributed by atoms with E-state index in [9.17, 15) is 0 Å². The maximum absolute atomic E-state index is 9.08. The molecule has 1 aliphatic carbocycles. The summed E-state index contributed by atoms with van der Waals surface area (Å²) in [5.41, 5.74) is 0.129. The van der Waals surface area contributed by atoms with Crippen LogP contribution in [0.5, 0.6) is 0 Å². The average molecular weight is 222 g/mol. The molecule has 82 valence electrons. The molecule has 0 aromatic heterocycles. The molecule has 6 heteroatoms. The first kappa shape index (κ1) is 11.5. The van der Waals surface area contributed by atoms with E-state index in [0.29, 0.717) is 6.26 Å². The first-order valence-corrected chi connectivity index (χ1v) is 6.19. The molecule has 1 saturated carbocycles. The quantitative estimate of drug-likeness (QED) is 0.333. The summed E-state index contributed by atoms with van der Waals surface area (Å²) in [6.45, 7) is 2.67. The molecule has 0 bridgehead atoms. The van der Waals surface area contributed by atoms with E-state index in [2.05, 4.69) is 0 Å². The van der Waals surface area contributed by atoms with Gasteiger partial charge in [-0.05, 0) is 6.42 Å². The third-order valence-electron chi connectivity index (χ3n) is 2.16. The van der Waals surface area contributed by atoms with Crippen LogP contribution in [0.3, 0.4) is 0 Å². The molecule has 1 heterocycles. The highest BCUT2D eigenvalue weighted by molar-refractivity contribution is 7.84. The molecule has 1 fully saturated rings. The van der Waals surface area contributed by atoms with Gasteiger partial charge >= 0.3 is 5.97 Å². The van der Waals surface area contributed by atoms with Gasteiger partial charge in [-0.2, -0.15) is 0 Å². The molecule has 1 spiro atoms. The lowest BCUT2D eigenvalue weighted by atomic mass is 9.81. The van der Waals surface area contributed by atoms with Gasteiger partial charge in [-0.25, -0.2) is 8.42 Å². The Hall–Kier alpha value is -0.620. The van der Waals surface area contributed by atoms with Crippen LogP contribution in [0.25, 0.3) is 0 Å². The minimum absolute atomic E-state index is 0.129. The zero-order valence-corrected chi connectivity index (χ0v) is 9.09. The fourth-order valence-electron chi connectivity index (χ4n) is 1.41. The Labute approximate surface area is 83.5 Å². The van der Waals surface area contributed by atoms with Crippen LogP contribution in [-0.2, 0) is 19.3 Å². The molecule has 0 N–H and O–H groups in total. The summed E-state index contributed by atoms with van der Waals surface area (Å²) < 4.78 is 37.9. The zero-order valence-electron chi connectivity index (χ0n) is 8.28. The van der Waals surface area contributed by atoms with Crippen LogP contribution in [-0.4, -0.2) is 37.4 Å². The third-order valence-corrected chi connectivity index (χ3v) is 2.16. The molecule has 0 amide bonds. The SMILES string of the molecule is CC1=[O+]CC2(CCC2)O1.CS(=O)(=O)[O-]. The van der Waals surface area contributed by atoms with Crippen LogP contribution in [0, 0.1) is 0 Å². The number of hydrogen-bond acceptors (Lipinski definition) is 4. The Morgan fingerprint density at radius 2 is 2.00 bits per heavy atom. The van der Waals surface area contributed by atoms with Crippen molar-refractivity contribution in [3.05, 3.63) is 0 Å². The van der Waals surface area contributed by atoms with E-state index in [-0.39, 0.29) is 5.60 Å². The van der Waals surface area contributed by atoms with Crippen molar-refractivity contribution in [2.45, 2.75) is 31.8 Å². The molecule has 1 aliphatic heterocycles. The number of rotatable bonds is 0. The van der Waals surface area contributed by atoms with Crippen LogP contribution in [0.15, 0.2) is 0 Å². The lowest BCUT2D eigenvalue weighted by Gasteiger charge is -2.26. The van der Waals surface area contributed by atoms with E-state index in [4.69, 9.17) is 22.1 Å². The van der Waals surface area contributed by atoms with E-state index < -0.39 is 10.1 Å². The lowest BCUT2D eigenvalue weighted by Crippen LogP contribution is -2.40. The Kier molecular flexibility index (Phi) is 3.16. The van der Waals surface area contributed by atoms with Gasteiger partial charge in [0.25, 0.3) is 5.60 Å². The summed E-state index contributed by atoms with van der Waals surface area (Å²) in [5.74, 6) is 0.759. The monoisotopic (exact) mass is 222 g/mol. The van der Waals surface area contributed by atoms with Crippen molar-refractivity contribution in [1.29, 1.82) is 0 Å². The standard InChI is InChI=1S/C7H11O2.CH4O3S/c1-6-8-5-7(9-6)3-2-4-7;1-5(2,3)4/h2-5H2,1H3;1H3,(H,2,3,4)/q+1;/p-1. The zero-order chi connectivity index (χ0) is 10.8. The molecule has 5 nitrogen and oxygen atoms in total. The molecular formula is C8H14O5S. The summed E-state index contributed by atoms with van der Waals surface area (Å²) in [6, 6.07) is 0. The smallest absolute Gasteiger partial charge is 0.482 e. The second-order valence-corrected chi connectivity index (χ2v) is 5.03. The fraction of sp³-hybridized carbons (Fsp3) is 0.875. The van der Waals surface area contributed by atoms with Gasteiger partial charge in [0, 0.05) is 19.1 Å². The Morgan fingerprint density at radius 1 is 1.50 bits per heavy atom. The molecule has 14 heavy (non-hydrogen) atoms. The highest BCUT2D eigenvalue weighted by Crippen LogP contribution is 2.37. The summed E-state index contributed by atoms with van der Waals surface area (Å²) >= 11 is 0. The van der Waals surface area contributed by atoms with Gasteiger partial charge in [0.2, 0.25) is 6.61 Å². The number of esters is 1. The highest BCUT2D eigenvalue weighted by Gasteiger charge is 2.52. The number of ether oxygens (including phenoxy) is 1. The second-order valence-electron chi connectivity index (χ2n) is 3.62. The van der Waals surface area contributed by atoms with Crippen LogP contribution >= 0.6 is 0 Å². The summed E-state index contributed by atoms with van der Waals surface area (Å²) in [7, 11) is -3.92. The average Bonchev–Trinajstić information content (AvgIpc) is 2.26. The van der Waals surface area contributed by atoms with Crippen molar-refractivity contribution in [3.8, 4) is 0 Å². The predicted molar refractivity (Wildman–Crippen MR) is 48.8 cm³/mol. The van der Waals surface area contributed by atoms with Gasteiger partial charge in [0.15, 0.2) is 0 Å². The largest absolute Gasteiger partial charge is 0.748 e. The predicted octanol–water partition coefficient (Wildman–Crippen LogP) is 0.183. The van der Waals surface area contributed by atoms with Crippen molar-refractivity contribution < 1.29 is 22.1 Å². The van der Waals surface area contributed by atoms with Gasteiger partial charge in [0.1, 0.15) is 0 Å². The van der Waals surface area contributed by atoms with Gasteiger partial charge < -0.3 is 13.7 Å². The molecule has 0 radical (unpaired) electrons. The van der Waals surface area contributed by atoms with E-state index in [1.54, 1.807) is 0 Å². The Balaban J connectivity index is 0.000000171. The molecule has 2 aliphatic rings. The number of carbonyl (C=O) groups excluding carboxylic acids is 1. The first-order valence-electron chi connectivity index (χ1n) is 4.37. The number of hydrogen-bond donors (Lipinski definition) is 0. The van der Waals surface area contributed by atoms with Crippen molar-refractivity contribution in [2.75, 3.05) is 12.9 Å². The van der Waals surface area contributed by atoms with E-state index in [1.807, 2.05) is 6.92 Å². The fourth-order valence-corrected chi connectivity index (χ4v) is 1.41. The summed E-state index contributed by atoms with van der Waals surface area (Å²) in [4.78, 5) is 0. The molecule has 0 atom stereocenters. The topological polar surface area (TPSA) is 77.7 Å². The van der Waals surface area contributed by atoms with Crippen LogP contribution < -0.4 is 0 Å². The van der Waals surface area contributed by atoms with E-state index >= 15 is 0 Å². The normalized spacial score (nSPS) is 22.9. The first-order chi connectivity index (χ1) is 6.31. The molecule has 0 unspecified atom stereocenters. The minimum Gasteiger partial charge on any atom is -0.748 e. The van der Waals surface area contributed by atoms with Crippen molar-refractivity contribution in [2.24, 2.45) is 0 Å². The van der Waals surface area contributed by atoms with Gasteiger partial charge in [0.05, 0.1) is 17.0 Å². The summed E-state index contributed by atoms with van der Waals surface area (Å²) in [6.07, 6.45) is 4.28. The van der Waals surface area contributed by atoms with Crippen molar-refractivity contribution in [1.82, 2.24) is 0 Å². The maximum atomic E-state index is 9.08. The molecule has 0 aromatic rings. The second kappa shape index (κ2) is 3.86. The highest BCUT2D eigenvalue weighted by atomic mass is 32.2. The van der Waals surface area contributed by atoms with Crippen molar-refractivity contribution in [3.63, 3.8) is 0 Å². The van der Waals surface area contributed by atoms with Crippen molar-refractivity contribution >= 4 is 16.1 Å². The molecular weight excluding hydrogens is 208 g/mol. The van der Waals surface area contributed by atoms with E-state index in [0.717, 1.165) is 12.6 Å². The van der Waals surface area contributed by atoms with Crippen LogP contribution in [0.4, 0.5) is 0 Å². The molecule has 0 aromatic carbocycles. The third kappa shape index (κ3) is 3.63. The Bertz CT molecular complexity index is 318. The minimum atomic E-state index is -3.92. The van der Waals surface area contributed by atoms with Gasteiger partial charge in [-0.1, -0.05) is 0 Å².